The molecule has 0 spiro atoms. The lowest BCUT2D eigenvalue weighted by Gasteiger charge is -2.05. The number of thiazole rings is 1. The van der Waals surface area contributed by atoms with E-state index in [4.69, 9.17) is 9.47 Å². The second-order valence-electron chi connectivity index (χ2n) is 5.59. The summed E-state index contributed by atoms with van der Waals surface area (Å²) in [6.07, 6.45) is 0.691. The van der Waals surface area contributed by atoms with Crippen LogP contribution >= 0.6 is 11.3 Å². The van der Waals surface area contributed by atoms with E-state index < -0.39 is 0 Å². The molecule has 0 atom stereocenters. The zero-order valence-electron chi connectivity index (χ0n) is 14.7. The summed E-state index contributed by atoms with van der Waals surface area (Å²) in [6.45, 7) is 0.533. The molecule has 26 heavy (non-hydrogen) atoms. The number of methoxy groups -OCH3 is 2. The van der Waals surface area contributed by atoms with Gasteiger partial charge >= 0.3 is 0 Å². The molecule has 5 nitrogen and oxygen atoms in total. The normalized spacial score (nSPS) is 10.4. The summed E-state index contributed by atoms with van der Waals surface area (Å²) in [7, 11) is 3.23. The molecule has 0 aliphatic rings. The van der Waals surface area contributed by atoms with Crippen molar-refractivity contribution in [3.8, 4) is 22.8 Å². The van der Waals surface area contributed by atoms with Gasteiger partial charge in [-0.1, -0.05) is 6.07 Å². The average Bonchev–Trinajstić information content (AvgIpc) is 3.17. The molecule has 2 aromatic carbocycles. The van der Waals surface area contributed by atoms with Crippen molar-refractivity contribution in [2.75, 3.05) is 20.8 Å². The molecule has 134 valence electrons. The number of benzene rings is 2. The Labute approximate surface area is 156 Å². The molecule has 1 heterocycles. The number of rotatable bonds is 7. The van der Waals surface area contributed by atoms with E-state index in [1.54, 1.807) is 43.8 Å². The average molecular weight is 368 g/mol. The fourth-order valence-electron chi connectivity index (χ4n) is 2.47. The van der Waals surface area contributed by atoms with Crippen LogP contribution in [-0.4, -0.2) is 31.7 Å². The second kappa shape index (κ2) is 8.49. The third-order valence-electron chi connectivity index (χ3n) is 3.89. The second-order valence-corrected chi connectivity index (χ2v) is 6.54. The minimum atomic E-state index is -0.115. The number of hydrogen-bond acceptors (Lipinski definition) is 5. The third kappa shape index (κ3) is 4.40. The first kappa shape index (κ1) is 17.9. The Morgan fingerprint density at radius 2 is 1.85 bits per heavy atom. The first-order valence-electron chi connectivity index (χ1n) is 8.20. The van der Waals surface area contributed by atoms with Gasteiger partial charge in [0.15, 0.2) is 0 Å². The first-order valence-corrected chi connectivity index (χ1v) is 9.08. The van der Waals surface area contributed by atoms with Crippen molar-refractivity contribution in [3.63, 3.8) is 0 Å². The Hall–Kier alpha value is -2.86. The number of carbonyl (C=O) groups excluding carboxylic acids is 1. The molecule has 1 amide bonds. The minimum absolute atomic E-state index is 0.115. The lowest BCUT2D eigenvalue weighted by atomic mass is 10.2. The van der Waals surface area contributed by atoms with Crippen LogP contribution in [0.5, 0.6) is 11.5 Å². The van der Waals surface area contributed by atoms with Gasteiger partial charge in [-0.15, -0.1) is 11.3 Å². The van der Waals surface area contributed by atoms with E-state index in [-0.39, 0.29) is 5.91 Å². The zero-order valence-corrected chi connectivity index (χ0v) is 15.5. The van der Waals surface area contributed by atoms with Gasteiger partial charge in [0.25, 0.3) is 5.91 Å². The molecule has 0 fully saturated rings. The maximum absolute atomic E-state index is 12.2. The van der Waals surface area contributed by atoms with Crippen molar-refractivity contribution in [1.29, 1.82) is 0 Å². The van der Waals surface area contributed by atoms with Crippen LogP contribution in [0, 0.1) is 0 Å². The monoisotopic (exact) mass is 368 g/mol. The van der Waals surface area contributed by atoms with Crippen molar-refractivity contribution >= 4 is 17.2 Å². The fourth-order valence-corrected chi connectivity index (χ4v) is 3.28. The molecule has 1 N–H and O–H groups in total. The van der Waals surface area contributed by atoms with Gasteiger partial charge in [0.2, 0.25) is 0 Å². The molecule has 0 saturated carbocycles. The Bertz CT molecular complexity index is 875. The van der Waals surface area contributed by atoms with Crippen LogP contribution in [0.25, 0.3) is 11.3 Å². The SMILES string of the molecule is COc1ccc(-c2csc(CCNC(=O)c3cccc(OC)c3)n2)cc1. The molecule has 0 unspecified atom stereocenters. The largest absolute Gasteiger partial charge is 0.497 e. The predicted molar refractivity (Wildman–Crippen MR) is 103 cm³/mol. The highest BCUT2D eigenvalue weighted by Gasteiger charge is 2.08. The molecule has 0 saturated heterocycles. The van der Waals surface area contributed by atoms with Crippen molar-refractivity contribution in [3.05, 3.63) is 64.5 Å². The van der Waals surface area contributed by atoms with Gasteiger partial charge in [-0.25, -0.2) is 4.98 Å². The number of carbonyl (C=O) groups is 1. The predicted octanol–water partition coefficient (Wildman–Crippen LogP) is 3.80. The van der Waals surface area contributed by atoms with Crippen LogP contribution < -0.4 is 14.8 Å². The fraction of sp³-hybridized carbons (Fsp3) is 0.200. The van der Waals surface area contributed by atoms with Gasteiger partial charge in [-0.05, 0) is 42.5 Å². The number of ether oxygens (including phenoxy) is 2. The number of aromatic nitrogens is 1. The lowest BCUT2D eigenvalue weighted by molar-refractivity contribution is 0.0954. The van der Waals surface area contributed by atoms with Crippen molar-refractivity contribution in [2.45, 2.75) is 6.42 Å². The van der Waals surface area contributed by atoms with Crippen LogP contribution in [0.4, 0.5) is 0 Å². The molecular weight excluding hydrogens is 348 g/mol. The standard InChI is InChI=1S/C20H20N2O3S/c1-24-16-8-6-14(7-9-16)18-13-26-19(22-18)10-11-21-20(23)15-4-3-5-17(12-15)25-2/h3-9,12-13H,10-11H2,1-2H3,(H,21,23). The van der Waals surface area contributed by atoms with Gasteiger partial charge < -0.3 is 14.8 Å². The molecule has 0 aliphatic carbocycles. The van der Waals surface area contributed by atoms with Crippen LogP contribution in [0.1, 0.15) is 15.4 Å². The van der Waals surface area contributed by atoms with E-state index in [1.165, 1.54) is 0 Å². The summed E-state index contributed by atoms with van der Waals surface area (Å²) in [5.41, 5.74) is 2.57. The van der Waals surface area contributed by atoms with E-state index in [2.05, 4.69) is 10.3 Å². The van der Waals surface area contributed by atoms with Crippen LogP contribution in [0.3, 0.4) is 0 Å². The van der Waals surface area contributed by atoms with E-state index in [1.807, 2.05) is 35.7 Å². The van der Waals surface area contributed by atoms with Crippen molar-refractivity contribution in [1.82, 2.24) is 10.3 Å². The smallest absolute Gasteiger partial charge is 0.251 e. The minimum Gasteiger partial charge on any atom is -0.497 e. The van der Waals surface area contributed by atoms with Gasteiger partial charge in [-0.2, -0.15) is 0 Å². The van der Waals surface area contributed by atoms with E-state index in [9.17, 15) is 4.79 Å². The van der Waals surface area contributed by atoms with Gasteiger partial charge in [0.05, 0.1) is 24.9 Å². The topological polar surface area (TPSA) is 60.5 Å². The Morgan fingerprint density at radius 1 is 1.08 bits per heavy atom. The third-order valence-corrected chi connectivity index (χ3v) is 4.80. The Balaban J connectivity index is 1.55. The maximum Gasteiger partial charge on any atom is 0.251 e. The van der Waals surface area contributed by atoms with Crippen LogP contribution in [-0.2, 0) is 6.42 Å². The summed E-state index contributed by atoms with van der Waals surface area (Å²) in [5, 5.41) is 5.94. The first-order chi connectivity index (χ1) is 12.7. The maximum atomic E-state index is 12.2. The summed E-state index contributed by atoms with van der Waals surface area (Å²) >= 11 is 1.59. The molecule has 6 heteroatoms. The van der Waals surface area contributed by atoms with Gasteiger partial charge in [0, 0.05) is 29.5 Å². The Morgan fingerprint density at radius 3 is 2.58 bits per heavy atom. The molecule has 0 radical (unpaired) electrons. The van der Waals surface area contributed by atoms with E-state index >= 15 is 0 Å². The molecule has 0 aliphatic heterocycles. The van der Waals surface area contributed by atoms with Gasteiger partial charge in [0.1, 0.15) is 11.5 Å². The van der Waals surface area contributed by atoms with Crippen molar-refractivity contribution in [2.24, 2.45) is 0 Å². The number of nitrogens with zero attached hydrogens (tertiary/aromatic N) is 1. The van der Waals surface area contributed by atoms with Crippen LogP contribution in [0.15, 0.2) is 53.9 Å². The molecule has 0 bridgehead atoms. The summed E-state index contributed by atoms with van der Waals surface area (Å²) in [6, 6.07) is 14.9. The van der Waals surface area contributed by atoms with Crippen LogP contribution in [0.2, 0.25) is 0 Å². The van der Waals surface area contributed by atoms with E-state index in [0.29, 0.717) is 24.3 Å². The van der Waals surface area contributed by atoms with Gasteiger partial charge in [-0.3, -0.25) is 4.79 Å². The summed E-state index contributed by atoms with van der Waals surface area (Å²) in [5.74, 6) is 1.38. The number of nitrogens with one attached hydrogen (secondary N) is 1. The molecule has 3 rings (SSSR count). The zero-order chi connectivity index (χ0) is 18.4. The lowest BCUT2D eigenvalue weighted by Crippen LogP contribution is -2.25. The molecule has 3 aromatic rings. The van der Waals surface area contributed by atoms with E-state index in [0.717, 1.165) is 22.0 Å². The Kier molecular flexibility index (Phi) is 5.86. The number of amides is 1. The highest BCUT2D eigenvalue weighted by atomic mass is 32.1. The van der Waals surface area contributed by atoms with Crippen molar-refractivity contribution < 1.29 is 14.3 Å². The summed E-state index contributed by atoms with van der Waals surface area (Å²) in [4.78, 5) is 16.8. The highest BCUT2D eigenvalue weighted by Crippen LogP contribution is 2.24. The number of hydrogen-bond donors (Lipinski definition) is 1. The quantitative estimate of drug-likeness (QED) is 0.689. The molecular formula is C20H20N2O3S. The highest BCUT2D eigenvalue weighted by molar-refractivity contribution is 7.09. The molecule has 1 aromatic heterocycles. The summed E-state index contributed by atoms with van der Waals surface area (Å²) < 4.78 is 10.3.